The van der Waals surface area contributed by atoms with Gasteiger partial charge >= 0.3 is 0 Å². The highest BCUT2D eigenvalue weighted by molar-refractivity contribution is 6.01. The number of carbonyl (C=O) groups is 1. The van der Waals surface area contributed by atoms with Crippen molar-refractivity contribution < 1.29 is 4.79 Å². The molecule has 0 aliphatic rings. The Morgan fingerprint density at radius 3 is 2.72 bits per heavy atom. The summed E-state index contributed by atoms with van der Waals surface area (Å²) in [5, 5.41) is 13.5. The number of amides is 1. The van der Waals surface area contributed by atoms with Crippen LogP contribution in [-0.2, 0) is 4.79 Å². The van der Waals surface area contributed by atoms with Crippen LogP contribution >= 0.6 is 0 Å². The van der Waals surface area contributed by atoms with Crippen LogP contribution in [0.25, 0.3) is 39.4 Å². The SMILES string of the molecule is CNc1cncc(-c2c[nH]c3ncc(-c4cccc(/C=C(\C#N)C(=O)N(C)C)c4)cc23)c1. The molecule has 3 aromatic heterocycles. The first kappa shape index (κ1) is 20.8. The van der Waals surface area contributed by atoms with E-state index in [1.807, 2.05) is 62.0 Å². The van der Waals surface area contributed by atoms with Gasteiger partial charge < -0.3 is 15.2 Å². The van der Waals surface area contributed by atoms with E-state index in [4.69, 9.17) is 0 Å². The summed E-state index contributed by atoms with van der Waals surface area (Å²) >= 11 is 0. The fourth-order valence-electron chi connectivity index (χ4n) is 3.48. The third kappa shape index (κ3) is 4.07. The molecule has 2 N–H and O–H groups in total. The second-order valence-corrected chi connectivity index (χ2v) is 7.53. The Balaban J connectivity index is 1.76. The molecule has 0 atom stereocenters. The highest BCUT2D eigenvalue weighted by atomic mass is 16.2. The van der Waals surface area contributed by atoms with Gasteiger partial charge in [-0.15, -0.1) is 0 Å². The Hall–Kier alpha value is -4.44. The molecule has 0 radical (unpaired) electrons. The number of nitrogens with one attached hydrogen (secondary N) is 2. The summed E-state index contributed by atoms with van der Waals surface area (Å²) in [4.78, 5) is 25.7. The molecule has 0 fully saturated rings. The lowest BCUT2D eigenvalue weighted by Crippen LogP contribution is -2.22. The van der Waals surface area contributed by atoms with Crippen LogP contribution in [0.5, 0.6) is 0 Å². The molecule has 0 spiro atoms. The summed E-state index contributed by atoms with van der Waals surface area (Å²) in [7, 11) is 5.11. The number of fused-ring (bicyclic) bond motifs is 1. The molecule has 0 aliphatic carbocycles. The smallest absolute Gasteiger partial charge is 0.264 e. The summed E-state index contributed by atoms with van der Waals surface area (Å²) in [6, 6.07) is 13.8. The van der Waals surface area contributed by atoms with Crippen molar-refractivity contribution in [3.8, 4) is 28.3 Å². The van der Waals surface area contributed by atoms with Gasteiger partial charge in [0.15, 0.2) is 0 Å². The number of nitrogens with zero attached hydrogens (tertiary/aromatic N) is 4. The van der Waals surface area contributed by atoms with Gasteiger partial charge in [-0.05, 0) is 35.4 Å². The second-order valence-electron chi connectivity index (χ2n) is 7.53. The minimum atomic E-state index is -0.324. The Morgan fingerprint density at radius 1 is 1.12 bits per heavy atom. The van der Waals surface area contributed by atoms with Crippen molar-refractivity contribution in [2.24, 2.45) is 0 Å². The molecule has 3 heterocycles. The van der Waals surface area contributed by atoms with Crippen LogP contribution in [-0.4, -0.2) is 46.9 Å². The van der Waals surface area contributed by atoms with Crippen LogP contribution in [0.4, 0.5) is 5.69 Å². The molecule has 158 valence electrons. The maximum atomic E-state index is 12.2. The van der Waals surface area contributed by atoms with Crippen LogP contribution in [0.3, 0.4) is 0 Å². The van der Waals surface area contributed by atoms with Crippen LogP contribution in [0.15, 0.2) is 66.8 Å². The number of hydrogen-bond donors (Lipinski definition) is 2. The minimum absolute atomic E-state index is 0.0885. The molecule has 32 heavy (non-hydrogen) atoms. The van der Waals surface area contributed by atoms with Crippen LogP contribution in [0.1, 0.15) is 5.56 Å². The molecule has 0 bridgehead atoms. The Labute approximate surface area is 186 Å². The zero-order valence-electron chi connectivity index (χ0n) is 18.0. The van der Waals surface area contributed by atoms with Crippen molar-refractivity contribution in [2.75, 3.05) is 26.5 Å². The molecular formula is C25H22N6O. The Morgan fingerprint density at radius 2 is 1.97 bits per heavy atom. The predicted molar refractivity (Wildman–Crippen MR) is 127 cm³/mol. The Kier molecular flexibility index (Phi) is 5.69. The van der Waals surface area contributed by atoms with E-state index in [0.29, 0.717) is 0 Å². The molecule has 0 unspecified atom stereocenters. The molecule has 0 aliphatic heterocycles. The number of aromatic amines is 1. The van der Waals surface area contributed by atoms with E-state index in [0.717, 1.165) is 44.5 Å². The fourth-order valence-corrected chi connectivity index (χ4v) is 3.48. The predicted octanol–water partition coefficient (Wildman–Crippen LogP) is 4.33. The summed E-state index contributed by atoms with van der Waals surface area (Å²) in [6.45, 7) is 0. The quantitative estimate of drug-likeness (QED) is 0.369. The van der Waals surface area contributed by atoms with Crippen molar-refractivity contribution >= 4 is 28.7 Å². The normalized spacial score (nSPS) is 11.2. The first-order valence-corrected chi connectivity index (χ1v) is 10.0. The summed E-state index contributed by atoms with van der Waals surface area (Å²) in [5.41, 5.74) is 6.46. The standard InChI is InChI=1S/C25H22N6O/c1-27-21-9-20(12-28-14-21)23-15-30-24-22(23)10-19(13-29-24)17-6-4-5-16(7-17)8-18(11-26)25(32)31(2)3/h4-10,12-15,27H,1-3H3,(H,29,30)/b18-8+. The summed E-state index contributed by atoms with van der Waals surface area (Å²) in [5.74, 6) is -0.324. The number of rotatable bonds is 5. The van der Waals surface area contributed by atoms with Crippen LogP contribution in [0.2, 0.25) is 0 Å². The number of hydrogen-bond acceptors (Lipinski definition) is 5. The highest BCUT2D eigenvalue weighted by Crippen LogP contribution is 2.32. The minimum Gasteiger partial charge on any atom is -0.387 e. The fraction of sp³-hybridized carbons (Fsp3) is 0.120. The molecule has 4 rings (SSSR count). The largest absolute Gasteiger partial charge is 0.387 e. The number of pyridine rings is 2. The van der Waals surface area contributed by atoms with Crippen LogP contribution in [0, 0.1) is 11.3 Å². The van der Waals surface area contributed by atoms with E-state index in [2.05, 4.69) is 26.3 Å². The van der Waals surface area contributed by atoms with Gasteiger partial charge in [-0.3, -0.25) is 9.78 Å². The first-order valence-electron chi connectivity index (χ1n) is 10.0. The van der Waals surface area contributed by atoms with E-state index in [1.165, 1.54) is 4.90 Å². The van der Waals surface area contributed by atoms with E-state index < -0.39 is 0 Å². The van der Waals surface area contributed by atoms with Crippen LogP contribution < -0.4 is 5.32 Å². The molecular weight excluding hydrogens is 400 g/mol. The van der Waals surface area contributed by atoms with E-state index in [9.17, 15) is 10.1 Å². The lowest BCUT2D eigenvalue weighted by Gasteiger charge is -2.09. The topological polar surface area (TPSA) is 97.7 Å². The average molecular weight is 422 g/mol. The highest BCUT2D eigenvalue weighted by Gasteiger charge is 2.12. The van der Waals surface area contributed by atoms with Crippen molar-refractivity contribution in [3.05, 3.63) is 72.3 Å². The number of nitriles is 1. The van der Waals surface area contributed by atoms with Crippen molar-refractivity contribution in [1.82, 2.24) is 19.9 Å². The molecule has 0 saturated carbocycles. The number of carbonyl (C=O) groups excluding carboxylic acids is 1. The number of benzene rings is 1. The van der Waals surface area contributed by atoms with Gasteiger partial charge in [0.1, 0.15) is 17.3 Å². The summed E-state index contributed by atoms with van der Waals surface area (Å²) < 4.78 is 0. The van der Waals surface area contributed by atoms with E-state index in [1.54, 1.807) is 26.4 Å². The molecule has 1 amide bonds. The molecule has 0 saturated heterocycles. The van der Waals surface area contributed by atoms with Gasteiger partial charge in [0, 0.05) is 68.0 Å². The van der Waals surface area contributed by atoms with E-state index >= 15 is 0 Å². The molecule has 7 nitrogen and oxygen atoms in total. The van der Waals surface area contributed by atoms with Gasteiger partial charge in [-0.25, -0.2) is 4.98 Å². The number of likely N-dealkylation sites (N-methyl/N-ethyl adjacent to an activating group) is 1. The van der Waals surface area contributed by atoms with Gasteiger partial charge in [0.25, 0.3) is 5.91 Å². The zero-order chi connectivity index (χ0) is 22.7. The maximum absolute atomic E-state index is 12.2. The molecule has 1 aromatic carbocycles. The lowest BCUT2D eigenvalue weighted by atomic mass is 10.0. The first-order chi connectivity index (χ1) is 15.5. The Bertz CT molecular complexity index is 1380. The molecule has 7 heteroatoms. The van der Waals surface area contributed by atoms with Gasteiger partial charge in [0.05, 0.1) is 5.69 Å². The van der Waals surface area contributed by atoms with Gasteiger partial charge in [0.2, 0.25) is 0 Å². The maximum Gasteiger partial charge on any atom is 0.264 e. The number of H-pyrrole nitrogens is 1. The van der Waals surface area contributed by atoms with Crippen molar-refractivity contribution in [3.63, 3.8) is 0 Å². The number of anilines is 1. The summed E-state index contributed by atoms with van der Waals surface area (Å²) in [6.07, 6.45) is 8.95. The third-order valence-corrected chi connectivity index (χ3v) is 5.16. The van der Waals surface area contributed by atoms with Crippen molar-refractivity contribution in [1.29, 1.82) is 5.26 Å². The number of aromatic nitrogens is 3. The van der Waals surface area contributed by atoms with Crippen molar-refractivity contribution in [2.45, 2.75) is 0 Å². The van der Waals surface area contributed by atoms with Gasteiger partial charge in [-0.2, -0.15) is 5.26 Å². The second kappa shape index (κ2) is 8.74. The van der Waals surface area contributed by atoms with Gasteiger partial charge in [-0.1, -0.05) is 18.2 Å². The van der Waals surface area contributed by atoms with E-state index in [-0.39, 0.29) is 11.5 Å². The zero-order valence-corrected chi connectivity index (χ0v) is 18.0. The average Bonchev–Trinajstić information content (AvgIpc) is 3.25. The monoisotopic (exact) mass is 422 g/mol. The molecule has 4 aromatic rings. The lowest BCUT2D eigenvalue weighted by molar-refractivity contribution is -0.124. The third-order valence-electron chi connectivity index (χ3n) is 5.16.